The Morgan fingerprint density at radius 1 is 0.750 bits per heavy atom. The minimum Gasteiger partial charge on any atom is -0.497 e. The zero-order chi connectivity index (χ0) is 22.8. The van der Waals surface area contributed by atoms with E-state index in [1.165, 1.54) is 20.3 Å². The van der Waals surface area contributed by atoms with Crippen LogP contribution in [0.2, 0.25) is 0 Å². The highest BCUT2D eigenvalue weighted by Crippen LogP contribution is 2.23. The molecular weight excluding hydrogens is 412 g/mol. The van der Waals surface area contributed by atoms with Gasteiger partial charge in [0.1, 0.15) is 29.6 Å². The number of benzene rings is 3. The van der Waals surface area contributed by atoms with E-state index in [1.807, 2.05) is 30.3 Å². The van der Waals surface area contributed by atoms with Crippen molar-refractivity contribution in [3.8, 4) is 23.0 Å². The van der Waals surface area contributed by atoms with E-state index in [1.54, 1.807) is 36.4 Å². The molecule has 8 heteroatoms. The number of nitrogens with one attached hydrogen (secondary N) is 2. The SMILES string of the molecule is COc1ccc(OC)c(C(=O)NNC(=O)COc2ccc(OCc3ccccc3)cc2)c1. The highest BCUT2D eigenvalue weighted by Gasteiger charge is 2.14. The van der Waals surface area contributed by atoms with Crippen LogP contribution in [-0.4, -0.2) is 32.6 Å². The van der Waals surface area contributed by atoms with Crippen LogP contribution in [0.25, 0.3) is 0 Å². The van der Waals surface area contributed by atoms with Gasteiger partial charge in [0.2, 0.25) is 0 Å². The van der Waals surface area contributed by atoms with Gasteiger partial charge in [0.25, 0.3) is 11.8 Å². The van der Waals surface area contributed by atoms with Crippen LogP contribution < -0.4 is 29.8 Å². The van der Waals surface area contributed by atoms with Gasteiger partial charge < -0.3 is 18.9 Å². The molecule has 0 saturated heterocycles. The van der Waals surface area contributed by atoms with Crippen LogP contribution in [-0.2, 0) is 11.4 Å². The van der Waals surface area contributed by atoms with Gasteiger partial charge >= 0.3 is 0 Å². The monoisotopic (exact) mass is 436 g/mol. The van der Waals surface area contributed by atoms with Crippen LogP contribution in [0.4, 0.5) is 0 Å². The Labute approximate surface area is 186 Å². The fourth-order valence-electron chi connectivity index (χ4n) is 2.74. The fourth-order valence-corrected chi connectivity index (χ4v) is 2.74. The van der Waals surface area contributed by atoms with Gasteiger partial charge in [-0.05, 0) is 48.0 Å². The van der Waals surface area contributed by atoms with Crippen molar-refractivity contribution in [3.05, 3.63) is 83.9 Å². The number of methoxy groups -OCH3 is 2. The minimum atomic E-state index is -0.547. The van der Waals surface area contributed by atoms with E-state index in [0.29, 0.717) is 29.6 Å². The van der Waals surface area contributed by atoms with Crippen LogP contribution in [0.15, 0.2) is 72.8 Å². The normalized spacial score (nSPS) is 10.1. The summed E-state index contributed by atoms with van der Waals surface area (Å²) in [5, 5.41) is 0. The summed E-state index contributed by atoms with van der Waals surface area (Å²) in [5.41, 5.74) is 5.92. The second-order valence-corrected chi connectivity index (χ2v) is 6.60. The zero-order valence-corrected chi connectivity index (χ0v) is 17.8. The Kier molecular flexibility index (Phi) is 7.91. The quantitative estimate of drug-likeness (QED) is 0.501. The molecule has 0 fully saturated rings. The Hall–Kier alpha value is -4.20. The third-order valence-corrected chi connectivity index (χ3v) is 4.41. The Morgan fingerprint density at radius 3 is 2.06 bits per heavy atom. The summed E-state index contributed by atoms with van der Waals surface area (Å²) in [4.78, 5) is 24.4. The molecule has 0 unspecified atom stereocenters. The smallest absolute Gasteiger partial charge is 0.276 e. The number of hydrogen-bond acceptors (Lipinski definition) is 6. The zero-order valence-electron chi connectivity index (χ0n) is 17.8. The molecule has 3 aromatic carbocycles. The largest absolute Gasteiger partial charge is 0.497 e. The molecule has 32 heavy (non-hydrogen) atoms. The maximum Gasteiger partial charge on any atom is 0.276 e. The highest BCUT2D eigenvalue weighted by atomic mass is 16.5. The number of rotatable bonds is 9. The van der Waals surface area contributed by atoms with E-state index < -0.39 is 11.8 Å². The number of amides is 2. The summed E-state index contributed by atoms with van der Waals surface area (Å²) in [6, 6.07) is 21.5. The lowest BCUT2D eigenvalue weighted by molar-refractivity contribution is -0.123. The molecule has 0 heterocycles. The second kappa shape index (κ2) is 11.3. The first-order chi connectivity index (χ1) is 15.6. The van der Waals surface area contributed by atoms with Crippen molar-refractivity contribution in [3.63, 3.8) is 0 Å². The molecule has 2 N–H and O–H groups in total. The summed E-state index contributed by atoms with van der Waals surface area (Å²) >= 11 is 0. The van der Waals surface area contributed by atoms with E-state index in [-0.39, 0.29) is 12.2 Å². The molecule has 8 nitrogen and oxygen atoms in total. The predicted octanol–water partition coefficient (Wildman–Crippen LogP) is 3.12. The van der Waals surface area contributed by atoms with Gasteiger partial charge in [-0.15, -0.1) is 0 Å². The van der Waals surface area contributed by atoms with E-state index in [0.717, 1.165) is 5.56 Å². The van der Waals surface area contributed by atoms with Gasteiger partial charge in [0.15, 0.2) is 6.61 Å². The Morgan fingerprint density at radius 2 is 1.41 bits per heavy atom. The predicted molar refractivity (Wildman–Crippen MR) is 118 cm³/mol. The Balaban J connectivity index is 1.44. The maximum absolute atomic E-state index is 12.4. The standard InChI is InChI=1S/C24H24N2O6/c1-29-20-12-13-22(30-2)21(14-20)24(28)26-25-23(27)16-32-19-10-8-18(9-11-19)31-15-17-6-4-3-5-7-17/h3-14H,15-16H2,1-2H3,(H,25,27)(H,26,28). The lowest BCUT2D eigenvalue weighted by Crippen LogP contribution is -2.43. The maximum atomic E-state index is 12.4. The van der Waals surface area contributed by atoms with Crippen molar-refractivity contribution in [2.45, 2.75) is 6.61 Å². The molecule has 0 radical (unpaired) electrons. The van der Waals surface area contributed by atoms with E-state index in [9.17, 15) is 9.59 Å². The van der Waals surface area contributed by atoms with E-state index in [4.69, 9.17) is 18.9 Å². The molecule has 0 spiro atoms. The van der Waals surface area contributed by atoms with Gasteiger partial charge in [-0.1, -0.05) is 30.3 Å². The molecule has 0 atom stereocenters. The third kappa shape index (κ3) is 6.40. The Bertz CT molecular complexity index is 1040. The first-order valence-corrected chi connectivity index (χ1v) is 9.80. The molecular formula is C24H24N2O6. The number of carbonyl (C=O) groups is 2. The first-order valence-electron chi connectivity index (χ1n) is 9.80. The molecule has 0 aliphatic heterocycles. The second-order valence-electron chi connectivity index (χ2n) is 6.60. The number of carbonyl (C=O) groups excluding carboxylic acids is 2. The molecule has 0 saturated carbocycles. The van der Waals surface area contributed by atoms with Crippen LogP contribution in [0, 0.1) is 0 Å². The fraction of sp³-hybridized carbons (Fsp3) is 0.167. The van der Waals surface area contributed by atoms with Gasteiger partial charge in [-0.25, -0.2) is 0 Å². The molecule has 3 aromatic rings. The van der Waals surface area contributed by atoms with Crippen molar-refractivity contribution >= 4 is 11.8 Å². The average molecular weight is 436 g/mol. The van der Waals surface area contributed by atoms with Crippen LogP contribution in [0.5, 0.6) is 23.0 Å². The number of hydrogen-bond donors (Lipinski definition) is 2. The summed E-state index contributed by atoms with van der Waals surface area (Å²) < 4.78 is 21.4. The lowest BCUT2D eigenvalue weighted by atomic mass is 10.2. The van der Waals surface area contributed by atoms with E-state index in [2.05, 4.69) is 10.9 Å². The molecule has 166 valence electrons. The van der Waals surface area contributed by atoms with Gasteiger partial charge in [-0.3, -0.25) is 20.4 Å². The van der Waals surface area contributed by atoms with Crippen molar-refractivity contribution in [1.29, 1.82) is 0 Å². The average Bonchev–Trinajstić information content (AvgIpc) is 2.85. The van der Waals surface area contributed by atoms with Gasteiger partial charge in [-0.2, -0.15) is 0 Å². The number of ether oxygens (including phenoxy) is 4. The molecule has 0 aliphatic carbocycles. The van der Waals surface area contributed by atoms with Crippen molar-refractivity contribution < 1.29 is 28.5 Å². The first kappa shape index (κ1) is 22.5. The van der Waals surface area contributed by atoms with Crippen LogP contribution in [0.3, 0.4) is 0 Å². The lowest BCUT2D eigenvalue weighted by Gasteiger charge is -2.12. The van der Waals surface area contributed by atoms with E-state index >= 15 is 0 Å². The summed E-state index contributed by atoms with van der Waals surface area (Å²) in [7, 11) is 2.94. The van der Waals surface area contributed by atoms with Crippen molar-refractivity contribution in [2.75, 3.05) is 20.8 Å². The van der Waals surface area contributed by atoms with Gasteiger partial charge in [0.05, 0.1) is 19.8 Å². The van der Waals surface area contributed by atoms with Crippen LogP contribution in [0.1, 0.15) is 15.9 Å². The van der Waals surface area contributed by atoms with Gasteiger partial charge in [0, 0.05) is 0 Å². The molecule has 0 aliphatic rings. The van der Waals surface area contributed by atoms with Crippen molar-refractivity contribution in [1.82, 2.24) is 10.9 Å². The third-order valence-electron chi connectivity index (χ3n) is 4.41. The molecule has 3 rings (SSSR count). The topological polar surface area (TPSA) is 95.1 Å². The molecule has 0 bridgehead atoms. The van der Waals surface area contributed by atoms with Crippen LogP contribution >= 0.6 is 0 Å². The number of hydrazine groups is 1. The summed E-state index contributed by atoms with van der Waals surface area (Å²) in [6.07, 6.45) is 0. The molecule has 0 aromatic heterocycles. The molecule has 2 amide bonds. The summed E-state index contributed by atoms with van der Waals surface area (Å²) in [5.74, 6) is 0.946. The highest BCUT2D eigenvalue weighted by molar-refractivity contribution is 5.98. The summed E-state index contributed by atoms with van der Waals surface area (Å²) in [6.45, 7) is 0.182. The minimum absolute atomic E-state index is 0.221. The van der Waals surface area contributed by atoms with Crippen molar-refractivity contribution in [2.24, 2.45) is 0 Å².